The molecule has 0 saturated carbocycles. The van der Waals surface area contributed by atoms with E-state index in [2.05, 4.69) is 52.1 Å². The summed E-state index contributed by atoms with van der Waals surface area (Å²) in [4.78, 5) is 0. The fraction of sp³-hybridized carbons (Fsp3) is 0.600. The first-order valence-corrected chi connectivity index (χ1v) is 6.23. The van der Waals surface area contributed by atoms with Crippen molar-refractivity contribution in [3.05, 3.63) is 23.8 Å². The van der Waals surface area contributed by atoms with Crippen molar-refractivity contribution in [1.82, 2.24) is 0 Å². The maximum absolute atomic E-state index is 5.93. The molecule has 0 spiro atoms. The molecule has 0 bridgehead atoms. The van der Waals surface area contributed by atoms with Crippen LogP contribution in [0.3, 0.4) is 0 Å². The Morgan fingerprint density at radius 2 is 1.71 bits per heavy atom. The first kappa shape index (κ1) is 13.9. The van der Waals surface area contributed by atoms with Crippen LogP contribution in [-0.2, 0) is 0 Å². The van der Waals surface area contributed by atoms with Crippen LogP contribution in [0.25, 0.3) is 0 Å². The number of aryl methyl sites for hydroxylation is 1. The van der Waals surface area contributed by atoms with Gasteiger partial charge in [0.15, 0.2) is 0 Å². The fourth-order valence-corrected chi connectivity index (χ4v) is 2.48. The van der Waals surface area contributed by atoms with Crippen LogP contribution < -0.4 is 11.1 Å². The van der Waals surface area contributed by atoms with Gasteiger partial charge in [0.2, 0.25) is 0 Å². The number of nitrogens with two attached hydrogens (primary N) is 1. The Morgan fingerprint density at radius 3 is 2.18 bits per heavy atom. The van der Waals surface area contributed by atoms with Gasteiger partial charge in [-0.25, -0.2) is 0 Å². The second-order valence-electron chi connectivity index (χ2n) is 6.82. The van der Waals surface area contributed by atoms with E-state index in [4.69, 9.17) is 5.73 Å². The molecule has 2 heteroatoms. The molecule has 0 aliphatic carbocycles. The Morgan fingerprint density at radius 1 is 1.12 bits per heavy atom. The quantitative estimate of drug-likeness (QED) is 0.769. The highest BCUT2D eigenvalue weighted by atomic mass is 15.0. The van der Waals surface area contributed by atoms with Gasteiger partial charge in [-0.05, 0) is 50.3 Å². The third-order valence-electron chi connectivity index (χ3n) is 2.73. The summed E-state index contributed by atoms with van der Waals surface area (Å²) in [7, 11) is 0. The number of anilines is 2. The van der Waals surface area contributed by atoms with Crippen LogP contribution in [0.15, 0.2) is 18.2 Å². The lowest BCUT2D eigenvalue weighted by atomic mass is 9.81. The minimum absolute atomic E-state index is 0.0694. The molecule has 0 fully saturated rings. The van der Waals surface area contributed by atoms with Crippen molar-refractivity contribution < 1.29 is 0 Å². The lowest BCUT2D eigenvalue weighted by Crippen LogP contribution is -2.35. The van der Waals surface area contributed by atoms with Gasteiger partial charge >= 0.3 is 0 Å². The molecule has 1 aromatic carbocycles. The van der Waals surface area contributed by atoms with Gasteiger partial charge in [0.25, 0.3) is 0 Å². The summed E-state index contributed by atoms with van der Waals surface area (Å²) in [6.07, 6.45) is 1.10. The largest absolute Gasteiger partial charge is 0.398 e. The Bertz CT molecular complexity index is 386. The Balaban J connectivity index is 2.79. The van der Waals surface area contributed by atoms with Crippen molar-refractivity contribution in [1.29, 1.82) is 0 Å². The molecule has 96 valence electrons. The predicted molar refractivity (Wildman–Crippen MR) is 77.4 cm³/mol. The molecule has 0 aliphatic heterocycles. The predicted octanol–water partition coefficient (Wildman–Crippen LogP) is 4.20. The van der Waals surface area contributed by atoms with E-state index in [-0.39, 0.29) is 5.54 Å². The van der Waals surface area contributed by atoms with E-state index in [9.17, 15) is 0 Å². The molecule has 0 radical (unpaired) electrons. The molecule has 0 amide bonds. The van der Waals surface area contributed by atoms with Crippen LogP contribution in [0.4, 0.5) is 11.4 Å². The first-order valence-electron chi connectivity index (χ1n) is 6.23. The number of hydrogen-bond donors (Lipinski definition) is 2. The number of nitrogen functional groups attached to an aromatic ring is 1. The smallest absolute Gasteiger partial charge is 0.0365 e. The molecule has 2 nitrogen and oxygen atoms in total. The van der Waals surface area contributed by atoms with E-state index in [1.165, 1.54) is 0 Å². The molecule has 1 aromatic rings. The van der Waals surface area contributed by atoms with Gasteiger partial charge in [0, 0.05) is 16.9 Å². The zero-order valence-corrected chi connectivity index (χ0v) is 12.0. The third-order valence-corrected chi connectivity index (χ3v) is 2.73. The maximum atomic E-state index is 5.93. The number of hydrogen-bond acceptors (Lipinski definition) is 2. The van der Waals surface area contributed by atoms with Crippen molar-refractivity contribution in [3.8, 4) is 0 Å². The second kappa shape index (κ2) is 4.59. The Hall–Kier alpha value is -1.18. The maximum Gasteiger partial charge on any atom is 0.0365 e. The minimum atomic E-state index is 0.0694. The van der Waals surface area contributed by atoms with Crippen molar-refractivity contribution >= 4 is 11.4 Å². The van der Waals surface area contributed by atoms with E-state index in [1.807, 2.05) is 13.0 Å². The molecule has 17 heavy (non-hydrogen) atoms. The molecule has 3 N–H and O–H groups in total. The summed E-state index contributed by atoms with van der Waals surface area (Å²) in [5, 5.41) is 3.56. The molecular formula is C15H26N2. The lowest BCUT2D eigenvalue weighted by Gasteiger charge is -2.34. The van der Waals surface area contributed by atoms with Crippen LogP contribution in [-0.4, -0.2) is 5.54 Å². The van der Waals surface area contributed by atoms with Crippen LogP contribution in [0, 0.1) is 12.3 Å². The zero-order valence-electron chi connectivity index (χ0n) is 12.0. The Labute approximate surface area is 106 Å². The van der Waals surface area contributed by atoms with E-state index in [0.29, 0.717) is 5.41 Å². The van der Waals surface area contributed by atoms with Gasteiger partial charge in [-0.3, -0.25) is 0 Å². The average molecular weight is 234 g/mol. The molecule has 0 unspecified atom stereocenters. The molecule has 0 aliphatic rings. The summed E-state index contributed by atoms with van der Waals surface area (Å²) < 4.78 is 0. The molecule has 0 atom stereocenters. The summed E-state index contributed by atoms with van der Waals surface area (Å²) in [5.74, 6) is 0. The average Bonchev–Trinajstić information content (AvgIpc) is 2.06. The minimum Gasteiger partial charge on any atom is -0.398 e. The van der Waals surface area contributed by atoms with Gasteiger partial charge in [0.1, 0.15) is 0 Å². The summed E-state index contributed by atoms with van der Waals surface area (Å²) >= 11 is 0. The molecule has 1 rings (SSSR count). The van der Waals surface area contributed by atoms with Crippen LogP contribution >= 0.6 is 0 Å². The highest BCUT2D eigenvalue weighted by Crippen LogP contribution is 2.30. The van der Waals surface area contributed by atoms with Crippen molar-refractivity contribution in [3.63, 3.8) is 0 Å². The highest BCUT2D eigenvalue weighted by molar-refractivity contribution is 5.59. The van der Waals surface area contributed by atoms with E-state index >= 15 is 0 Å². The van der Waals surface area contributed by atoms with E-state index in [1.54, 1.807) is 0 Å². The topological polar surface area (TPSA) is 38.0 Å². The van der Waals surface area contributed by atoms with Crippen LogP contribution in [0.1, 0.15) is 46.6 Å². The lowest BCUT2D eigenvalue weighted by molar-refractivity contribution is 0.302. The second-order valence-corrected chi connectivity index (χ2v) is 6.82. The van der Waals surface area contributed by atoms with Gasteiger partial charge < -0.3 is 11.1 Å². The monoisotopic (exact) mass is 234 g/mol. The van der Waals surface area contributed by atoms with Gasteiger partial charge in [-0.15, -0.1) is 0 Å². The van der Waals surface area contributed by atoms with Crippen molar-refractivity contribution in [2.24, 2.45) is 5.41 Å². The highest BCUT2D eigenvalue weighted by Gasteiger charge is 2.25. The number of benzene rings is 1. The zero-order chi connectivity index (χ0) is 13.3. The van der Waals surface area contributed by atoms with Gasteiger partial charge in [0.05, 0.1) is 0 Å². The molecule has 0 heterocycles. The summed E-state index contributed by atoms with van der Waals surface area (Å²) in [5.41, 5.74) is 9.39. The first-order chi connectivity index (χ1) is 7.59. The molecule has 0 saturated heterocycles. The standard InChI is InChI=1S/C15H26N2/c1-11-7-8-12(9-13(11)16)17-15(5,6)10-14(2,3)4/h7-9,17H,10,16H2,1-6H3. The van der Waals surface area contributed by atoms with Crippen molar-refractivity contribution in [2.75, 3.05) is 11.1 Å². The summed E-state index contributed by atoms with van der Waals surface area (Å²) in [6.45, 7) is 13.3. The van der Waals surface area contributed by atoms with Gasteiger partial charge in [-0.1, -0.05) is 26.8 Å². The van der Waals surface area contributed by atoms with Crippen LogP contribution in [0.5, 0.6) is 0 Å². The third kappa shape index (κ3) is 4.68. The number of rotatable bonds is 3. The van der Waals surface area contributed by atoms with Crippen LogP contribution in [0.2, 0.25) is 0 Å². The number of nitrogens with one attached hydrogen (secondary N) is 1. The normalized spacial score (nSPS) is 12.6. The molecular weight excluding hydrogens is 208 g/mol. The summed E-state index contributed by atoms with van der Waals surface area (Å²) in [6, 6.07) is 6.17. The SMILES string of the molecule is Cc1ccc(NC(C)(C)CC(C)(C)C)cc1N. The Kier molecular flexibility index (Phi) is 3.75. The fourth-order valence-electron chi connectivity index (χ4n) is 2.48. The molecule has 0 aromatic heterocycles. The van der Waals surface area contributed by atoms with E-state index < -0.39 is 0 Å². The van der Waals surface area contributed by atoms with E-state index in [0.717, 1.165) is 23.4 Å². The van der Waals surface area contributed by atoms with Crippen molar-refractivity contribution in [2.45, 2.75) is 53.5 Å². The van der Waals surface area contributed by atoms with Gasteiger partial charge in [-0.2, -0.15) is 0 Å².